The smallest absolute Gasteiger partial charge is 0.247 e. The van der Waals surface area contributed by atoms with Crippen LogP contribution in [0.2, 0.25) is 0 Å². The molecule has 1 aliphatic heterocycles. The lowest BCUT2D eigenvalue weighted by Crippen LogP contribution is -2.48. The highest BCUT2D eigenvalue weighted by atomic mass is 32.2. The standard InChI is InChI=1S/C14H22N2O4S/c1-10-8-11(15)6-7-16(10)21(17,18)14-5-4-12(19-2)9-13(14)20-3/h4-5,9-11H,6-8,15H2,1-3H3. The fourth-order valence-electron chi connectivity index (χ4n) is 2.66. The lowest BCUT2D eigenvalue weighted by atomic mass is 10.0. The Balaban J connectivity index is 2.39. The number of piperidine rings is 1. The number of ether oxygens (including phenoxy) is 2. The van der Waals surface area contributed by atoms with Crippen LogP contribution in [0, 0.1) is 0 Å². The second-order valence-corrected chi connectivity index (χ2v) is 7.13. The van der Waals surface area contributed by atoms with Crippen molar-refractivity contribution < 1.29 is 17.9 Å². The maximum Gasteiger partial charge on any atom is 0.247 e. The Morgan fingerprint density at radius 1 is 1.29 bits per heavy atom. The van der Waals surface area contributed by atoms with Gasteiger partial charge in [0, 0.05) is 24.7 Å². The van der Waals surface area contributed by atoms with Crippen LogP contribution in [0.5, 0.6) is 11.5 Å². The first kappa shape index (κ1) is 16.1. The number of benzene rings is 1. The van der Waals surface area contributed by atoms with Crippen molar-refractivity contribution in [1.29, 1.82) is 0 Å². The average Bonchev–Trinajstić information content (AvgIpc) is 2.46. The molecule has 1 aromatic rings. The van der Waals surface area contributed by atoms with Crippen molar-refractivity contribution in [2.24, 2.45) is 5.73 Å². The van der Waals surface area contributed by atoms with Gasteiger partial charge < -0.3 is 15.2 Å². The Morgan fingerprint density at radius 2 is 2.00 bits per heavy atom. The number of hydrogen-bond acceptors (Lipinski definition) is 5. The SMILES string of the molecule is COc1ccc(S(=O)(=O)N2CCC(N)CC2C)c(OC)c1. The van der Waals surface area contributed by atoms with Crippen LogP contribution in [-0.4, -0.2) is 45.6 Å². The van der Waals surface area contributed by atoms with Crippen molar-refractivity contribution >= 4 is 10.0 Å². The Bertz CT molecular complexity index is 603. The van der Waals surface area contributed by atoms with Gasteiger partial charge >= 0.3 is 0 Å². The van der Waals surface area contributed by atoms with Crippen molar-refractivity contribution in [2.75, 3.05) is 20.8 Å². The number of hydrogen-bond donors (Lipinski definition) is 1. The van der Waals surface area contributed by atoms with Crippen molar-refractivity contribution in [3.05, 3.63) is 18.2 Å². The van der Waals surface area contributed by atoms with Gasteiger partial charge in [-0.3, -0.25) is 0 Å². The van der Waals surface area contributed by atoms with Crippen LogP contribution in [-0.2, 0) is 10.0 Å². The van der Waals surface area contributed by atoms with E-state index in [0.717, 1.165) is 0 Å². The predicted octanol–water partition coefficient (Wildman–Crippen LogP) is 1.20. The summed E-state index contributed by atoms with van der Waals surface area (Å²) in [5.41, 5.74) is 5.90. The second kappa shape index (κ2) is 6.21. The first-order valence-corrected chi connectivity index (χ1v) is 8.33. The molecule has 0 amide bonds. The van der Waals surface area contributed by atoms with E-state index in [1.54, 1.807) is 12.1 Å². The normalized spacial score (nSPS) is 23.8. The molecule has 1 fully saturated rings. The fraction of sp³-hybridized carbons (Fsp3) is 0.571. The third-order valence-electron chi connectivity index (χ3n) is 3.81. The van der Waals surface area contributed by atoms with E-state index in [0.29, 0.717) is 25.1 Å². The van der Waals surface area contributed by atoms with Gasteiger partial charge in [0.2, 0.25) is 10.0 Å². The van der Waals surface area contributed by atoms with Gasteiger partial charge in [0.25, 0.3) is 0 Å². The lowest BCUT2D eigenvalue weighted by Gasteiger charge is -2.35. The van der Waals surface area contributed by atoms with Crippen LogP contribution < -0.4 is 15.2 Å². The Labute approximate surface area is 125 Å². The monoisotopic (exact) mass is 314 g/mol. The molecule has 1 heterocycles. The topological polar surface area (TPSA) is 81.9 Å². The van der Waals surface area contributed by atoms with Crippen molar-refractivity contribution in [3.8, 4) is 11.5 Å². The van der Waals surface area contributed by atoms with E-state index in [4.69, 9.17) is 15.2 Å². The molecule has 21 heavy (non-hydrogen) atoms. The molecule has 0 aromatic heterocycles. The first-order chi connectivity index (χ1) is 9.90. The van der Waals surface area contributed by atoms with Gasteiger partial charge in [0.1, 0.15) is 16.4 Å². The molecule has 0 aliphatic carbocycles. The molecule has 0 saturated carbocycles. The van der Waals surface area contributed by atoms with E-state index in [-0.39, 0.29) is 22.7 Å². The number of rotatable bonds is 4. The van der Waals surface area contributed by atoms with E-state index in [1.807, 2.05) is 6.92 Å². The van der Waals surface area contributed by atoms with E-state index in [1.165, 1.54) is 24.6 Å². The second-order valence-electron chi connectivity index (χ2n) is 5.27. The van der Waals surface area contributed by atoms with Gasteiger partial charge in [-0.05, 0) is 31.9 Å². The summed E-state index contributed by atoms with van der Waals surface area (Å²) in [5, 5.41) is 0. The highest BCUT2D eigenvalue weighted by molar-refractivity contribution is 7.89. The molecule has 118 valence electrons. The molecule has 2 N–H and O–H groups in total. The highest BCUT2D eigenvalue weighted by Crippen LogP contribution is 2.33. The van der Waals surface area contributed by atoms with Gasteiger partial charge in [0.05, 0.1) is 14.2 Å². The minimum atomic E-state index is -3.61. The molecule has 1 saturated heterocycles. The van der Waals surface area contributed by atoms with E-state index >= 15 is 0 Å². The summed E-state index contributed by atoms with van der Waals surface area (Å²) >= 11 is 0. The summed E-state index contributed by atoms with van der Waals surface area (Å²) in [6.45, 7) is 2.31. The molecule has 2 atom stereocenters. The van der Waals surface area contributed by atoms with Gasteiger partial charge in [0.15, 0.2) is 0 Å². The molecule has 1 aliphatic rings. The zero-order valence-corrected chi connectivity index (χ0v) is 13.4. The lowest BCUT2D eigenvalue weighted by molar-refractivity contribution is 0.246. The number of nitrogens with zero attached hydrogens (tertiary/aromatic N) is 1. The minimum Gasteiger partial charge on any atom is -0.497 e. The molecule has 2 unspecified atom stereocenters. The quantitative estimate of drug-likeness (QED) is 0.903. The molecule has 0 bridgehead atoms. The molecule has 0 spiro atoms. The summed E-state index contributed by atoms with van der Waals surface area (Å²) in [4.78, 5) is 0.160. The van der Waals surface area contributed by atoms with E-state index < -0.39 is 10.0 Å². The Morgan fingerprint density at radius 3 is 2.57 bits per heavy atom. The summed E-state index contributed by atoms with van der Waals surface area (Å²) in [5.74, 6) is 0.843. The Kier molecular flexibility index (Phi) is 4.75. The third kappa shape index (κ3) is 3.14. The largest absolute Gasteiger partial charge is 0.497 e. The third-order valence-corrected chi connectivity index (χ3v) is 5.87. The number of nitrogens with two attached hydrogens (primary N) is 1. The highest BCUT2D eigenvalue weighted by Gasteiger charge is 2.35. The van der Waals surface area contributed by atoms with E-state index in [2.05, 4.69) is 0 Å². The number of methoxy groups -OCH3 is 2. The molecular formula is C14H22N2O4S. The van der Waals surface area contributed by atoms with Crippen LogP contribution in [0.3, 0.4) is 0 Å². The molecule has 6 nitrogen and oxygen atoms in total. The summed E-state index contributed by atoms with van der Waals surface area (Å²) in [6.07, 6.45) is 1.33. The van der Waals surface area contributed by atoms with Crippen LogP contribution in [0.25, 0.3) is 0 Å². The van der Waals surface area contributed by atoms with Crippen LogP contribution in [0.4, 0.5) is 0 Å². The van der Waals surface area contributed by atoms with Crippen molar-refractivity contribution in [3.63, 3.8) is 0 Å². The van der Waals surface area contributed by atoms with Crippen LogP contribution in [0.1, 0.15) is 19.8 Å². The molecular weight excluding hydrogens is 292 g/mol. The predicted molar refractivity (Wildman–Crippen MR) is 80.1 cm³/mol. The summed E-state index contributed by atoms with van der Waals surface area (Å²) in [7, 11) is -0.633. The molecule has 7 heteroatoms. The van der Waals surface area contributed by atoms with Gasteiger partial charge in [-0.2, -0.15) is 4.31 Å². The van der Waals surface area contributed by atoms with Crippen molar-refractivity contribution in [1.82, 2.24) is 4.31 Å². The zero-order chi connectivity index (χ0) is 15.6. The number of sulfonamides is 1. The minimum absolute atomic E-state index is 0.0595. The Hall–Kier alpha value is -1.31. The maximum atomic E-state index is 12.8. The van der Waals surface area contributed by atoms with Crippen molar-refractivity contribution in [2.45, 2.75) is 36.7 Å². The van der Waals surface area contributed by atoms with Crippen LogP contribution >= 0.6 is 0 Å². The van der Waals surface area contributed by atoms with E-state index in [9.17, 15) is 8.42 Å². The summed E-state index contributed by atoms with van der Waals surface area (Å²) in [6, 6.07) is 4.66. The first-order valence-electron chi connectivity index (χ1n) is 6.89. The average molecular weight is 314 g/mol. The summed E-state index contributed by atoms with van der Waals surface area (Å²) < 4.78 is 37.5. The fourth-order valence-corrected chi connectivity index (χ4v) is 4.45. The maximum absolute atomic E-state index is 12.8. The zero-order valence-electron chi connectivity index (χ0n) is 12.6. The molecule has 1 aromatic carbocycles. The van der Waals surface area contributed by atoms with Gasteiger partial charge in [-0.15, -0.1) is 0 Å². The molecule has 2 rings (SSSR count). The van der Waals surface area contributed by atoms with Gasteiger partial charge in [-0.25, -0.2) is 8.42 Å². The van der Waals surface area contributed by atoms with Gasteiger partial charge in [-0.1, -0.05) is 0 Å². The molecule has 0 radical (unpaired) electrons. The van der Waals surface area contributed by atoms with Crippen LogP contribution in [0.15, 0.2) is 23.1 Å².